The van der Waals surface area contributed by atoms with Crippen LogP contribution in [0.15, 0.2) is 0 Å². The Morgan fingerprint density at radius 3 is 2.21 bits per heavy atom. The first kappa shape index (κ1) is 10.8. The molecule has 0 aromatic carbocycles. The van der Waals surface area contributed by atoms with E-state index in [-0.39, 0.29) is 0 Å². The molecule has 14 heavy (non-hydrogen) atoms. The van der Waals surface area contributed by atoms with E-state index in [1.54, 1.807) is 0 Å². The topological polar surface area (TPSA) is 55.0 Å². The Kier molecular flexibility index (Phi) is 3.28. The fraction of sp³-hybridized carbons (Fsp3) is 0.600. The lowest BCUT2D eigenvalue weighted by molar-refractivity contribution is 0.828. The number of nitrogens with two attached hydrogens (primary N) is 1. The van der Waals surface area contributed by atoms with E-state index in [4.69, 9.17) is 5.73 Å². The van der Waals surface area contributed by atoms with Gasteiger partial charge in [-0.25, -0.2) is 9.97 Å². The van der Waals surface area contributed by atoms with E-state index in [0.29, 0.717) is 5.82 Å². The van der Waals surface area contributed by atoms with Gasteiger partial charge in [-0.1, -0.05) is 0 Å². The highest BCUT2D eigenvalue weighted by Gasteiger charge is 2.11. The summed E-state index contributed by atoms with van der Waals surface area (Å²) in [6.07, 6.45) is 0. The van der Waals surface area contributed by atoms with Crippen molar-refractivity contribution in [2.45, 2.75) is 27.7 Å². The maximum Gasteiger partial charge on any atom is 0.137 e. The molecule has 78 valence electrons. The van der Waals surface area contributed by atoms with Gasteiger partial charge in [0.2, 0.25) is 0 Å². The lowest BCUT2D eigenvalue weighted by Crippen LogP contribution is -2.25. The van der Waals surface area contributed by atoms with Gasteiger partial charge < -0.3 is 10.6 Å². The van der Waals surface area contributed by atoms with E-state index in [0.717, 1.165) is 30.3 Å². The van der Waals surface area contributed by atoms with Crippen molar-refractivity contribution in [2.75, 3.05) is 23.7 Å². The molecule has 0 radical (unpaired) electrons. The van der Waals surface area contributed by atoms with Crippen molar-refractivity contribution in [1.29, 1.82) is 0 Å². The van der Waals surface area contributed by atoms with Crippen LogP contribution in [0.2, 0.25) is 0 Å². The molecule has 0 aliphatic heterocycles. The Balaban J connectivity index is 3.18. The molecule has 0 aliphatic carbocycles. The van der Waals surface area contributed by atoms with Gasteiger partial charge in [0.05, 0.1) is 0 Å². The van der Waals surface area contributed by atoms with Crippen molar-refractivity contribution in [3.05, 3.63) is 11.4 Å². The van der Waals surface area contributed by atoms with Crippen LogP contribution in [0.1, 0.15) is 25.2 Å². The smallest absolute Gasteiger partial charge is 0.137 e. The van der Waals surface area contributed by atoms with E-state index in [2.05, 4.69) is 28.7 Å². The van der Waals surface area contributed by atoms with Crippen LogP contribution in [0.3, 0.4) is 0 Å². The Hall–Kier alpha value is -1.32. The summed E-state index contributed by atoms with van der Waals surface area (Å²) in [4.78, 5) is 10.7. The van der Waals surface area contributed by atoms with Gasteiger partial charge in [0.25, 0.3) is 0 Å². The second kappa shape index (κ2) is 4.26. The molecule has 0 saturated carbocycles. The Morgan fingerprint density at radius 1 is 1.14 bits per heavy atom. The summed E-state index contributed by atoms with van der Waals surface area (Å²) in [5.41, 5.74) is 6.76. The molecular weight excluding hydrogens is 176 g/mol. The van der Waals surface area contributed by atoms with E-state index < -0.39 is 0 Å². The molecule has 0 fully saturated rings. The minimum Gasteiger partial charge on any atom is -0.383 e. The second-order valence-corrected chi connectivity index (χ2v) is 3.28. The van der Waals surface area contributed by atoms with Crippen molar-refractivity contribution in [1.82, 2.24) is 9.97 Å². The zero-order valence-electron chi connectivity index (χ0n) is 9.33. The number of anilines is 2. The molecule has 1 aromatic heterocycles. The molecule has 2 N–H and O–H groups in total. The summed E-state index contributed by atoms with van der Waals surface area (Å²) in [7, 11) is 0. The average Bonchev–Trinajstić information content (AvgIpc) is 2.15. The number of aromatic nitrogens is 2. The molecule has 0 amide bonds. The van der Waals surface area contributed by atoms with Crippen molar-refractivity contribution < 1.29 is 0 Å². The zero-order valence-corrected chi connectivity index (χ0v) is 9.33. The first-order valence-corrected chi connectivity index (χ1v) is 4.95. The number of aryl methyl sites for hydroxylation is 1. The highest BCUT2D eigenvalue weighted by Crippen LogP contribution is 2.20. The van der Waals surface area contributed by atoms with Gasteiger partial charge in [-0.2, -0.15) is 0 Å². The molecular formula is C10H18N4. The molecule has 1 aromatic rings. The molecule has 0 aliphatic rings. The number of hydrogen-bond acceptors (Lipinski definition) is 4. The van der Waals surface area contributed by atoms with Crippen LogP contribution >= 0.6 is 0 Å². The van der Waals surface area contributed by atoms with Gasteiger partial charge in [0, 0.05) is 18.7 Å². The van der Waals surface area contributed by atoms with Crippen molar-refractivity contribution in [3.8, 4) is 0 Å². The number of nitrogen functional groups attached to an aromatic ring is 1. The van der Waals surface area contributed by atoms with Crippen LogP contribution in [-0.2, 0) is 0 Å². The van der Waals surface area contributed by atoms with E-state index in [9.17, 15) is 0 Å². The minimum absolute atomic E-state index is 0.583. The lowest BCUT2D eigenvalue weighted by atomic mass is 10.3. The van der Waals surface area contributed by atoms with Gasteiger partial charge in [0.1, 0.15) is 17.5 Å². The largest absolute Gasteiger partial charge is 0.383 e. The molecule has 4 nitrogen and oxygen atoms in total. The molecule has 0 spiro atoms. The molecule has 0 bridgehead atoms. The van der Waals surface area contributed by atoms with Crippen LogP contribution < -0.4 is 10.6 Å². The number of hydrogen-bond donors (Lipinski definition) is 1. The van der Waals surface area contributed by atoms with Gasteiger partial charge in [-0.05, 0) is 27.7 Å². The SMILES string of the molecule is CCN(CC)c1nc(C)nc(N)c1C. The third-order valence-corrected chi connectivity index (χ3v) is 2.33. The summed E-state index contributed by atoms with van der Waals surface area (Å²) in [5.74, 6) is 2.27. The van der Waals surface area contributed by atoms with Crippen molar-refractivity contribution in [3.63, 3.8) is 0 Å². The summed E-state index contributed by atoms with van der Waals surface area (Å²) < 4.78 is 0. The van der Waals surface area contributed by atoms with Crippen LogP contribution in [-0.4, -0.2) is 23.1 Å². The third kappa shape index (κ3) is 1.95. The molecule has 1 rings (SSSR count). The summed E-state index contributed by atoms with van der Waals surface area (Å²) in [6, 6.07) is 0. The van der Waals surface area contributed by atoms with Crippen LogP contribution in [0.25, 0.3) is 0 Å². The Morgan fingerprint density at radius 2 is 1.71 bits per heavy atom. The van der Waals surface area contributed by atoms with Crippen LogP contribution in [0.4, 0.5) is 11.6 Å². The predicted molar refractivity (Wildman–Crippen MR) is 59.5 cm³/mol. The maximum atomic E-state index is 5.79. The zero-order chi connectivity index (χ0) is 10.7. The fourth-order valence-corrected chi connectivity index (χ4v) is 1.47. The van der Waals surface area contributed by atoms with E-state index >= 15 is 0 Å². The summed E-state index contributed by atoms with van der Waals surface area (Å²) >= 11 is 0. The van der Waals surface area contributed by atoms with Crippen LogP contribution in [0.5, 0.6) is 0 Å². The maximum absolute atomic E-state index is 5.79. The first-order valence-electron chi connectivity index (χ1n) is 4.95. The Bertz CT molecular complexity index is 318. The summed E-state index contributed by atoms with van der Waals surface area (Å²) in [6.45, 7) is 9.92. The van der Waals surface area contributed by atoms with Gasteiger partial charge in [0.15, 0.2) is 0 Å². The standard InChI is InChI=1S/C10H18N4/c1-5-14(6-2)10-7(3)9(11)12-8(4)13-10/h5-6H2,1-4H3,(H2,11,12,13). The predicted octanol–water partition coefficient (Wildman–Crippen LogP) is 1.52. The highest BCUT2D eigenvalue weighted by atomic mass is 15.2. The third-order valence-electron chi connectivity index (χ3n) is 2.33. The minimum atomic E-state index is 0.583. The highest BCUT2D eigenvalue weighted by molar-refractivity contribution is 5.56. The van der Waals surface area contributed by atoms with E-state index in [1.807, 2.05) is 13.8 Å². The quantitative estimate of drug-likeness (QED) is 0.792. The van der Waals surface area contributed by atoms with Crippen molar-refractivity contribution >= 4 is 11.6 Å². The fourth-order valence-electron chi connectivity index (χ4n) is 1.47. The first-order chi connectivity index (χ1) is 6.60. The van der Waals surface area contributed by atoms with Gasteiger partial charge >= 0.3 is 0 Å². The summed E-state index contributed by atoms with van der Waals surface area (Å²) in [5, 5.41) is 0. The molecule has 0 saturated heterocycles. The molecule has 4 heteroatoms. The normalized spacial score (nSPS) is 10.3. The molecule has 0 unspecified atom stereocenters. The Labute approximate surface area is 85.2 Å². The van der Waals surface area contributed by atoms with Gasteiger partial charge in [-0.3, -0.25) is 0 Å². The number of nitrogens with zero attached hydrogens (tertiary/aromatic N) is 3. The second-order valence-electron chi connectivity index (χ2n) is 3.28. The number of rotatable bonds is 3. The van der Waals surface area contributed by atoms with Gasteiger partial charge in [-0.15, -0.1) is 0 Å². The lowest BCUT2D eigenvalue weighted by Gasteiger charge is -2.22. The molecule has 1 heterocycles. The van der Waals surface area contributed by atoms with E-state index in [1.165, 1.54) is 0 Å². The molecule has 0 atom stereocenters. The van der Waals surface area contributed by atoms with Crippen LogP contribution in [0, 0.1) is 13.8 Å². The van der Waals surface area contributed by atoms with Crippen molar-refractivity contribution in [2.24, 2.45) is 0 Å². The monoisotopic (exact) mass is 194 g/mol. The average molecular weight is 194 g/mol.